The monoisotopic (exact) mass is 502 g/mol. The summed E-state index contributed by atoms with van der Waals surface area (Å²) in [5.74, 6) is 0.888. The summed E-state index contributed by atoms with van der Waals surface area (Å²) in [7, 11) is 0. The van der Waals surface area contributed by atoms with Gasteiger partial charge in [0.25, 0.3) is 0 Å². The molecule has 1 aromatic heterocycles. The average molecular weight is 504 g/mol. The summed E-state index contributed by atoms with van der Waals surface area (Å²) >= 11 is 18.8. The Kier molecular flexibility index (Phi) is 6.73. The van der Waals surface area contributed by atoms with Gasteiger partial charge in [-0.3, -0.25) is 0 Å². The van der Waals surface area contributed by atoms with E-state index in [4.69, 9.17) is 39.8 Å². The molecule has 5 aromatic rings. The highest BCUT2D eigenvalue weighted by molar-refractivity contribution is 6.35. The van der Waals surface area contributed by atoms with Crippen LogP contribution in [0.15, 0.2) is 103 Å². The number of hydrogen-bond acceptors (Lipinski definition) is 1. The lowest BCUT2D eigenvalue weighted by molar-refractivity contribution is 0.709. The van der Waals surface area contributed by atoms with Crippen molar-refractivity contribution >= 4 is 34.8 Å². The molecule has 0 radical (unpaired) electrons. The molecule has 1 heterocycles. The molecule has 5 heteroatoms. The number of aromatic nitrogens is 2. The van der Waals surface area contributed by atoms with Gasteiger partial charge in [-0.25, -0.2) is 4.98 Å². The van der Waals surface area contributed by atoms with Crippen LogP contribution in [0.4, 0.5) is 0 Å². The summed E-state index contributed by atoms with van der Waals surface area (Å²) in [6, 6.07) is 34.2. The van der Waals surface area contributed by atoms with Crippen LogP contribution >= 0.6 is 34.8 Å². The second kappa shape index (κ2) is 10.1. The Morgan fingerprint density at radius 3 is 1.88 bits per heavy atom. The zero-order valence-electron chi connectivity index (χ0n) is 18.3. The van der Waals surface area contributed by atoms with Crippen molar-refractivity contribution in [1.29, 1.82) is 0 Å². The molecule has 4 aromatic carbocycles. The van der Waals surface area contributed by atoms with Crippen LogP contribution in [0.1, 0.15) is 5.56 Å². The predicted octanol–water partition coefficient (Wildman–Crippen LogP) is 9.09. The van der Waals surface area contributed by atoms with E-state index in [-0.39, 0.29) is 0 Å². The highest BCUT2D eigenvalue weighted by atomic mass is 35.5. The van der Waals surface area contributed by atoms with Crippen molar-refractivity contribution in [2.75, 3.05) is 0 Å². The van der Waals surface area contributed by atoms with Crippen molar-refractivity contribution in [1.82, 2.24) is 9.55 Å². The van der Waals surface area contributed by atoms with Crippen molar-refractivity contribution in [2.24, 2.45) is 0 Å². The molecule has 0 saturated carbocycles. The van der Waals surface area contributed by atoms with Gasteiger partial charge in [0, 0.05) is 38.3 Å². The fraction of sp³-hybridized carbons (Fsp3) is 0.0690. The molecular weight excluding hydrogens is 483 g/mol. The van der Waals surface area contributed by atoms with E-state index in [0.717, 1.165) is 45.9 Å². The maximum Gasteiger partial charge on any atom is 0.141 e. The van der Waals surface area contributed by atoms with E-state index in [9.17, 15) is 0 Å². The number of halogens is 3. The SMILES string of the molecule is Clc1ccc(-c2nc(-c3ccccc3)c(-c3ccccc3)n2CCc2ccc(Cl)cc2Cl)cc1. The third-order valence-corrected chi connectivity index (χ3v) is 6.62. The molecule has 0 saturated heterocycles. The van der Waals surface area contributed by atoms with Crippen LogP contribution in [0, 0.1) is 0 Å². The summed E-state index contributed by atoms with van der Waals surface area (Å²) in [5, 5.41) is 2.00. The molecule has 0 atom stereocenters. The van der Waals surface area contributed by atoms with Gasteiger partial charge in [-0.2, -0.15) is 0 Å². The first-order valence-corrected chi connectivity index (χ1v) is 12.1. The van der Waals surface area contributed by atoms with Crippen LogP contribution in [0.2, 0.25) is 15.1 Å². The van der Waals surface area contributed by atoms with Crippen LogP contribution in [0.3, 0.4) is 0 Å². The molecule has 0 bridgehead atoms. The van der Waals surface area contributed by atoms with Gasteiger partial charge in [-0.15, -0.1) is 0 Å². The lowest BCUT2D eigenvalue weighted by Gasteiger charge is -2.14. The maximum atomic E-state index is 6.50. The summed E-state index contributed by atoms with van der Waals surface area (Å²) in [6.07, 6.45) is 0.737. The number of benzene rings is 4. The van der Waals surface area contributed by atoms with E-state index in [1.807, 2.05) is 60.7 Å². The second-order valence-corrected chi connectivity index (χ2v) is 9.29. The maximum absolute atomic E-state index is 6.50. The number of hydrogen-bond donors (Lipinski definition) is 0. The first-order chi connectivity index (χ1) is 16.6. The van der Waals surface area contributed by atoms with Gasteiger partial charge in [0.15, 0.2) is 0 Å². The van der Waals surface area contributed by atoms with Crippen molar-refractivity contribution < 1.29 is 0 Å². The Morgan fingerprint density at radius 2 is 1.24 bits per heavy atom. The topological polar surface area (TPSA) is 17.8 Å². The van der Waals surface area contributed by atoms with Crippen molar-refractivity contribution in [3.8, 4) is 33.9 Å². The summed E-state index contributed by atoms with van der Waals surface area (Å²) in [4.78, 5) is 5.17. The Bertz CT molecular complexity index is 1410. The third-order valence-electron chi connectivity index (χ3n) is 5.78. The van der Waals surface area contributed by atoms with Crippen LogP contribution < -0.4 is 0 Å². The minimum atomic E-state index is 0.634. The Balaban J connectivity index is 1.70. The van der Waals surface area contributed by atoms with Gasteiger partial charge < -0.3 is 4.57 Å². The van der Waals surface area contributed by atoms with Crippen LogP contribution in [0.5, 0.6) is 0 Å². The van der Waals surface area contributed by atoms with Crippen molar-refractivity contribution in [3.05, 3.63) is 124 Å². The normalized spacial score (nSPS) is 11.0. The zero-order valence-corrected chi connectivity index (χ0v) is 20.5. The molecule has 0 N–H and O–H groups in total. The molecule has 168 valence electrons. The van der Waals surface area contributed by atoms with E-state index in [1.54, 1.807) is 6.07 Å². The molecule has 0 amide bonds. The van der Waals surface area contributed by atoms with Crippen molar-refractivity contribution in [3.63, 3.8) is 0 Å². The third kappa shape index (κ3) is 4.76. The lowest BCUT2D eigenvalue weighted by Crippen LogP contribution is -2.06. The molecule has 0 aliphatic heterocycles. The number of aryl methyl sites for hydroxylation is 1. The van der Waals surface area contributed by atoms with Crippen LogP contribution in [-0.4, -0.2) is 9.55 Å². The Hall–Kier alpha value is -3.04. The molecule has 5 rings (SSSR count). The molecule has 0 fully saturated rings. The molecule has 0 unspecified atom stereocenters. The van der Waals surface area contributed by atoms with Gasteiger partial charge in [0.1, 0.15) is 5.82 Å². The lowest BCUT2D eigenvalue weighted by atomic mass is 10.0. The van der Waals surface area contributed by atoms with Gasteiger partial charge >= 0.3 is 0 Å². The van der Waals surface area contributed by atoms with E-state index < -0.39 is 0 Å². The molecular formula is C29H21Cl3N2. The van der Waals surface area contributed by atoms with E-state index in [2.05, 4.69) is 41.0 Å². The highest BCUT2D eigenvalue weighted by Crippen LogP contribution is 2.37. The minimum Gasteiger partial charge on any atom is -0.323 e. The first kappa shape index (κ1) is 22.7. The summed E-state index contributed by atoms with van der Waals surface area (Å²) in [5.41, 5.74) is 6.24. The minimum absolute atomic E-state index is 0.634. The van der Waals surface area contributed by atoms with Crippen LogP contribution in [0.25, 0.3) is 33.9 Å². The van der Waals surface area contributed by atoms with E-state index in [0.29, 0.717) is 21.6 Å². The standard InChI is InChI=1S/C29H21Cl3N2/c30-24-14-12-23(13-15-24)29-33-27(21-7-3-1-4-8-21)28(22-9-5-2-6-10-22)34(29)18-17-20-11-16-25(31)19-26(20)32/h1-16,19H,17-18H2. The zero-order chi connectivity index (χ0) is 23.5. The first-order valence-electron chi connectivity index (χ1n) is 11.0. The van der Waals surface area contributed by atoms with E-state index >= 15 is 0 Å². The largest absolute Gasteiger partial charge is 0.323 e. The van der Waals surface area contributed by atoms with Crippen molar-refractivity contribution in [2.45, 2.75) is 13.0 Å². The average Bonchev–Trinajstić information content (AvgIpc) is 3.24. The smallest absolute Gasteiger partial charge is 0.141 e. The van der Waals surface area contributed by atoms with Gasteiger partial charge in [0.2, 0.25) is 0 Å². The van der Waals surface area contributed by atoms with Gasteiger partial charge in [-0.05, 0) is 48.4 Å². The number of rotatable bonds is 6. The van der Waals surface area contributed by atoms with Gasteiger partial charge in [0.05, 0.1) is 11.4 Å². The van der Waals surface area contributed by atoms with E-state index in [1.165, 1.54) is 0 Å². The predicted molar refractivity (Wildman–Crippen MR) is 144 cm³/mol. The van der Waals surface area contributed by atoms with Gasteiger partial charge in [-0.1, -0.05) is 102 Å². The molecule has 34 heavy (non-hydrogen) atoms. The Morgan fingerprint density at radius 1 is 0.618 bits per heavy atom. The quantitative estimate of drug-likeness (QED) is 0.226. The fourth-order valence-corrected chi connectivity index (χ4v) is 4.76. The second-order valence-electron chi connectivity index (χ2n) is 8.01. The summed E-state index contributed by atoms with van der Waals surface area (Å²) in [6.45, 7) is 0.698. The Labute approximate surface area is 214 Å². The molecule has 0 aliphatic carbocycles. The highest BCUT2D eigenvalue weighted by Gasteiger charge is 2.21. The van der Waals surface area contributed by atoms with Crippen LogP contribution in [-0.2, 0) is 13.0 Å². The molecule has 0 spiro atoms. The summed E-state index contributed by atoms with van der Waals surface area (Å²) < 4.78 is 2.28. The number of nitrogens with zero attached hydrogens (tertiary/aromatic N) is 2. The molecule has 0 aliphatic rings. The molecule has 2 nitrogen and oxygen atoms in total. The number of imidazole rings is 1. The fourth-order valence-electron chi connectivity index (χ4n) is 4.13.